The first-order valence-corrected chi connectivity index (χ1v) is 5.27. The Morgan fingerprint density at radius 2 is 2.11 bits per heavy atom. The maximum atomic E-state index is 11.3. The normalized spacial score (nSPS) is 11.7. The number of ether oxygens (including phenoxy) is 2. The number of benzene rings is 1. The number of halogens is 1. The lowest BCUT2D eigenvalue weighted by Gasteiger charge is -2.09. The Morgan fingerprint density at radius 3 is 2.61 bits per heavy atom. The molecule has 1 aromatic carbocycles. The summed E-state index contributed by atoms with van der Waals surface area (Å²) in [6.45, 7) is 0. The van der Waals surface area contributed by atoms with Gasteiger partial charge in [0.15, 0.2) is 6.10 Å². The second kappa shape index (κ2) is 6.23. The Kier molecular flexibility index (Phi) is 4.94. The summed E-state index contributed by atoms with van der Waals surface area (Å²) in [4.78, 5) is 21.6. The van der Waals surface area contributed by atoms with Gasteiger partial charge < -0.3 is 19.7 Å². The standard InChI is InChI=1S/C11H11ClO6/c1-17-9-3-2-6(4-7(9)12)18-11(16)8(13)5-10(14)15/h2-4,8,13H,5H2,1H3,(H,14,15). The minimum Gasteiger partial charge on any atom is -0.495 e. The molecule has 1 unspecified atom stereocenters. The number of hydrogen-bond donors (Lipinski definition) is 2. The predicted octanol–water partition coefficient (Wildman–Crippen LogP) is 1.09. The Morgan fingerprint density at radius 1 is 1.44 bits per heavy atom. The highest BCUT2D eigenvalue weighted by molar-refractivity contribution is 6.32. The van der Waals surface area contributed by atoms with Crippen LogP contribution in [0.3, 0.4) is 0 Å². The SMILES string of the molecule is COc1ccc(OC(=O)C(O)CC(=O)O)cc1Cl. The summed E-state index contributed by atoms with van der Waals surface area (Å²) < 4.78 is 9.67. The number of carbonyl (C=O) groups is 2. The Labute approximate surface area is 108 Å². The van der Waals surface area contributed by atoms with E-state index in [1.807, 2.05) is 0 Å². The molecule has 6 nitrogen and oxygen atoms in total. The number of aliphatic hydroxyl groups excluding tert-OH is 1. The maximum Gasteiger partial charge on any atom is 0.340 e. The van der Waals surface area contributed by atoms with Gasteiger partial charge in [0.2, 0.25) is 0 Å². The fraction of sp³-hybridized carbons (Fsp3) is 0.273. The van der Waals surface area contributed by atoms with Crippen molar-refractivity contribution in [2.45, 2.75) is 12.5 Å². The van der Waals surface area contributed by atoms with Crippen LogP contribution in [0.5, 0.6) is 11.5 Å². The molecule has 0 saturated heterocycles. The van der Waals surface area contributed by atoms with Gasteiger partial charge in [-0.15, -0.1) is 0 Å². The first kappa shape index (κ1) is 14.3. The van der Waals surface area contributed by atoms with Gasteiger partial charge in [-0.1, -0.05) is 11.6 Å². The molecule has 0 radical (unpaired) electrons. The zero-order valence-electron chi connectivity index (χ0n) is 9.42. The van der Waals surface area contributed by atoms with Gasteiger partial charge in [0.1, 0.15) is 11.5 Å². The second-order valence-corrected chi connectivity index (χ2v) is 3.74. The highest BCUT2D eigenvalue weighted by atomic mass is 35.5. The third-order valence-corrected chi connectivity index (χ3v) is 2.28. The summed E-state index contributed by atoms with van der Waals surface area (Å²) in [5.41, 5.74) is 0. The van der Waals surface area contributed by atoms with Crippen molar-refractivity contribution in [3.8, 4) is 11.5 Å². The van der Waals surface area contributed by atoms with Gasteiger partial charge in [-0.05, 0) is 12.1 Å². The van der Waals surface area contributed by atoms with Gasteiger partial charge >= 0.3 is 11.9 Å². The third kappa shape index (κ3) is 3.90. The second-order valence-electron chi connectivity index (χ2n) is 3.33. The van der Waals surface area contributed by atoms with Gasteiger partial charge in [0.05, 0.1) is 18.6 Å². The zero-order valence-corrected chi connectivity index (χ0v) is 10.2. The fourth-order valence-corrected chi connectivity index (χ4v) is 1.39. The van der Waals surface area contributed by atoms with E-state index in [0.29, 0.717) is 5.75 Å². The van der Waals surface area contributed by atoms with Crippen molar-refractivity contribution in [2.24, 2.45) is 0 Å². The van der Waals surface area contributed by atoms with Crippen LogP contribution in [0.15, 0.2) is 18.2 Å². The van der Waals surface area contributed by atoms with E-state index >= 15 is 0 Å². The molecule has 98 valence electrons. The number of carboxylic acid groups (broad SMARTS) is 1. The van der Waals surface area contributed by atoms with E-state index in [1.54, 1.807) is 0 Å². The first-order valence-electron chi connectivity index (χ1n) is 4.89. The third-order valence-electron chi connectivity index (χ3n) is 1.98. The molecule has 1 rings (SSSR count). The van der Waals surface area contributed by atoms with Crippen molar-refractivity contribution in [3.63, 3.8) is 0 Å². The Hall–Kier alpha value is -1.79. The molecule has 0 aliphatic rings. The Bertz CT molecular complexity index is 459. The van der Waals surface area contributed by atoms with E-state index in [1.165, 1.54) is 25.3 Å². The number of aliphatic hydroxyl groups is 1. The topological polar surface area (TPSA) is 93.1 Å². The van der Waals surface area contributed by atoms with Crippen molar-refractivity contribution in [3.05, 3.63) is 23.2 Å². The number of aliphatic carboxylic acids is 1. The molecule has 2 N–H and O–H groups in total. The number of carboxylic acids is 1. The lowest BCUT2D eigenvalue weighted by atomic mass is 10.2. The molecule has 0 aliphatic heterocycles. The molecule has 0 heterocycles. The molecule has 0 amide bonds. The fourth-order valence-electron chi connectivity index (χ4n) is 1.14. The summed E-state index contributed by atoms with van der Waals surface area (Å²) in [5, 5.41) is 17.8. The molecule has 0 aliphatic carbocycles. The molecule has 0 bridgehead atoms. The van der Waals surface area contributed by atoms with Gasteiger partial charge in [-0.2, -0.15) is 0 Å². The van der Waals surface area contributed by atoms with E-state index in [2.05, 4.69) is 0 Å². The molecular weight excluding hydrogens is 264 g/mol. The summed E-state index contributed by atoms with van der Waals surface area (Å²) in [6.07, 6.45) is -2.44. The van der Waals surface area contributed by atoms with Crippen molar-refractivity contribution in [1.82, 2.24) is 0 Å². The monoisotopic (exact) mass is 274 g/mol. The van der Waals surface area contributed by atoms with Crippen LogP contribution in [0.25, 0.3) is 0 Å². The number of carbonyl (C=O) groups excluding carboxylic acids is 1. The van der Waals surface area contributed by atoms with Gasteiger partial charge in [-0.3, -0.25) is 4.79 Å². The largest absolute Gasteiger partial charge is 0.495 e. The number of methoxy groups -OCH3 is 1. The molecule has 1 atom stereocenters. The smallest absolute Gasteiger partial charge is 0.340 e. The van der Waals surface area contributed by atoms with Gasteiger partial charge in [0, 0.05) is 6.07 Å². The molecule has 18 heavy (non-hydrogen) atoms. The summed E-state index contributed by atoms with van der Waals surface area (Å²) in [6, 6.07) is 4.22. The van der Waals surface area contributed by atoms with Crippen molar-refractivity contribution in [1.29, 1.82) is 0 Å². The van der Waals surface area contributed by atoms with E-state index in [9.17, 15) is 14.7 Å². The molecule has 1 aromatic rings. The number of rotatable bonds is 5. The highest BCUT2D eigenvalue weighted by Crippen LogP contribution is 2.28. The van der Waals surface area contributed by atoms with E-state index < -0.39 is 24.5 Å². The average Bonchev–Trinajstić information content (AvgIpc) is 2.28. The predicted molar refractivity (Wildman–Crippen MR) is 61.9 cm³/mol. The highest BCUT2D eigenvalue weighted by Gasteiger charge is 2.21. The van der Waals surface area contributed by atoms with Crippen LogP contribution in [0.2, 0.25) is 5.02 Å². The van der Waals surface area contributed by atoms with E-state index in [4.69, 9.17) is 26.2 Å². The van der Waals surface area contributed by atoms with Crippen LogP contribution in [0.1, 0.15) is 6.42 Å². The molecule has 0 fully saturated rings. The summed E-state index contributed by atoms with van der Waals surface area (Å²) in [7, 11) is 1.43. The van der Waals surface area contributed by atoms with E-state index in [-0.39, 0.29) is 10.8 Å². The van der Waals surface area contributed by atoms with Gasteiger partial charge in [-0.25, -0.2) is 4.79 Å². The lowest BCUT2D eigenvalue weighted by Crippen LogP contribution is -2.28. The van der Waals surface area contributed by atoms with Crippen LogP contribution in [-0.4, -0.2) is 35.4 Å². The maximum absolute atomic E-state index is 11.3. The van der Waals surface area contributed by atoms with Crippen LogP contribution >= 0.6 is 11.6 Å². The van der Waals surface area contributed by atoms with Crippen LogP contribution < -0.4 is 9.47 Å². The lowest BCUT2D eigenvalue weighted by molar-refractivity contribution is -0.150. The van der Waals surface area contributed by atoms with Crippen molar-refractivity contribution >= 4 is 23.5 Å². The van der Waals surface area contributed by atoms with Crippen LogP contribution in [0.4, 0.5) is 0 Å². The summed E-state index contributed by atoms with van der Waals surface area (Å²) in [5.74, 6) is -1.86. The minimum atomic E-state index is -1.72. The molecule has 0 saturated carbocycles. The van der Waals surface area contributed by atoms with Crippen molar-refractivity contribution < 1.29 is 29.3 Å². The molecule has 0 spiro atoms. The van der Waals surface area contributed by atoms with Crippen molar-refractivity contribution in [2.75, 3.05) is 7.11 Å². The average molecular weight is 275 g/mol. The quantitative estimate of drug-likeness (QED) is 0.617. The number of esters is 1. The number of hydrogen-bond acceptors (Lipinski definition) is 5. The molecule has 7 heteroatoms. The zero-order chi connectivity index (χ0) is 13.7. The molecule has 0 aromatic heterocycles. The first-order chi connectivity index (χ1) is 8.43. The van der Waals surface area contributed by atoms with Gasteiger partial charge in [0.25, 0.3) is 0 Å². The van der Waals surface area contributed by atoms with Crippen LogP contribution in [-0.2, 0) is 9.59 Å². The summed E-state index contributed by atoms with van der Waals surface area (Å²) >= 11 is 5.80. The van der Waals surface area contributed by atoms with Crippen LogP contribution in [0, 0.1) is 0 Å². The Balaban J connectivity index is 2.70. The molecular formula is C11H11ClO6. The van der Waals surface area contributed by atoms with E-state index in [0.717, 1.165) is 0 Å². The minimum absolute atomic E-state index is 0.0928.